The summed E-state index contributed by atoms with van der Waals surface area (Å²) in [5.74, 6) is 1.43. The largest absolute Gasteiger partial charge is 0.491 e. The highest BCUT2D eigenvalue weighted by Gasteiger charge is 2.46. The van der Waals surface area contributed by atoms with Crippen molar-refractivity contribution in [3.05, 3.63) is 168 Å². The molecule has 0 fully saturated rings. The zero-order valence-electron chi connectivity index (χ0n) is 24.9. The molecule has 0 radical (unpaired) electrons. The first kappa shape index (κ1) is 28.6. The SMILES string of the molecule is OCCOc1ccc(C2(c3ccc(OCCO)cc3)c3cc(-c4ccccc4)ccc3-c3ccc(-c4ccccc4)cc32)cc1. The second-order valence-electron chi connectivity index (χ2n) is 11.2. The van der Waals surface area contributed by atoms with Crippen molar-refractivity contribution in [1.29, 1.82) is 0 Å². The molecule has 6 aromatic carbocycles. The highest BCUT2D eigenvalue weighted by atomic mass is 16.5. The molecule has 0 heterocycles. The fourth-order valence-electron chi connectivity index (χ4n) is 6.66. The van der Waals surface area contributed by atoms with E-state index in [-0.39, 0.29) is 26.4 Å². The molecule has 0 unspecified atom stereocenters. The van der Waals surface area contributed by atoms with E-state index >= 15 is 0 Å². The third kappa shape index (κ3) is 5.18. The number of aliphatic hydroxyl groups excluding tert-OH is 2. The molecule has 0 spiro atoms. The zero-order valence-corrected chi connectivity index (χ0v) is 24.9. The molecule has 6 aromatic rings. The molecular weight excluding hydrogens is 556 g/mol. The predicted molar refractivity (Wildman–Crippen MR) is 180 cm³/mol. The van der Waals surface area contributed by atoms with Crippen molar-refractivity contribution in [2.24, 2.45) is 0 Å². The van der Waals surface area contributed by atoms with Gasteiger partial charge in [-0.1, -0.05) is 109 Å². The first-order valence-corrected chi connectivity index (χ1v) is 15.3. The number of ether oxygens (including phenoxy) is 2. The number of aliphatic hydroxyl groups is 2. The van der Waals surface area contributed by atoms with Gasteiger partial charge in [-0.3, -0.25) is 0 Å². The van der Waals surface area contributed by atoms with Gasteiger partial charge in [0.2, 0.25) is 0 Å². The average Bonchev–Trinajstić information content (AvgIpc) is 3.40. The second kappa shape index (κ2) is 12.4. The quantitative estimate of drug-likeness (QED) is 0.169. The maximum Gasteiger partial charge on any atom is 0.119 e. The summed E-state index contributed by atoms with van der Waals surface area (Å²) < 4.78 is 11.5. The Balaban J connectivity index is 1.51. The normalized spacial score (nSPS) is 12.8. The van der Waals surface area contributed by atoms with Gasteiger partial charge in [-0.15, -0.1) is 0 Å². The van der Waals surface area contributed by atoms with Crippen LogP contribution < -0.4 is 9.47 Å². The van der Waals surface area contributed by atoms with Gasteiger partial charge in [0.05, 0.1) is 18.6 Å². The van der Waals surface area contributed by atoms with Crippen LogP contribution in [0, 0.1) is 0 Å². The highest BCUT2D eigenvalue weighted by Crippen LogP contribution is 2.57. The summed E-state index contributed by atoms with van der Waals surface area (Å²) >= 11 is 0. The van der Waals surface area contributed by atoms with Crippen LogP contribution in [0.25, 0.3) is 33.4 Å². The van der Waals surface area contributed by atoms with Crippen molar-refractivity contribution >= 4 is 0 Å². The summed E-state index contributed by atoms with van der Waals surface area (Å²) in [7, 11) is 0. The van der Waals surface area contributed by atoms with Crippen LogP contribution in [0.1, 0.15) is 22.3 Å². The van der Waals surface area contributed by atoms with Crippen molar-refractivity contribution in [3.63, 3.8) is 0 Å². The first-order chi connectivity index (χ1) is 22.2. The number of benzene rings is 6. The van der Waals surface area contributed by atoms with Gasteiger partial charge < -0.3 is 19.7 Å². The van der Waals surface area contributed by atoms with Crippen LogP contribution in [-0.2, 0) is 5.41 Å². The summed E-state index contributed by atoms with van der Waals surface area (Å²) in [5.41, 5.74) is 11.0. The van der Waals surface area contributed by atoms with Gasteiger partial charge in [-0.05, 0) is 92.0 Å². The Labute approximate surface area is 263 Å². The van der Waals surface area contributed by atoms with Gasteiger partial charge in [0, 0.05) is 0 Å². The molecule has 45 heavy (non-hydrogen) atoms. The van der Waals surface area contributed by atoms with E-state index < -0.39 is 5.41 Å². The molecule has 0 bridgehead atoms. The standard InChI is InChI=1S/C41H34O4/c42-23-25-44-35-17-13-33(14-18-35)41(34-15-19-36(20-16-34)45-26-24-43)39-27-31(29-7-3-1-4-8-29)11-21-37(39)38-22-12-32(28-40(38)41)30-9-5-2-6-10-30/h1-22,27-28,42-43H,23-26H2. The summed E-state index contributed by atoms with van der Waals surface area (Å²) in [6, 6.07) is 51.2. The molecule has 2 N–H and O–H groups in total. The first-order valence-electron chi connectivity index (χ1n) is 15.3. The van der Waals surface area contributed by atoms with E-state index in [9.17, 15) is 10.2 Å². The van der Waals surface area contributed by atoms with Crippen LogP contribution in [0.3, 0.4) is 0 Å². The minimum Gasteiger partial charge on any atom is -0.491 e. The van der Waals surface area contributed by atoms with Crippen molar-refractivity contribution in [2.45, 2.75) is 5.41 Å². The molecule has 222 valence electrons. The number of fused-ring (bicyclic) bond motifs is 3. The lowest BCUT2D eigenvalue weighted by Crippen LogP contribution is -2.28. The molecule has 0 amide bonds. The Hall–Kier alpha value is -5.16. The molecule has 0 aromatic heterocycles. The monoisotopic (exact) mass is 590 g/mol. The van der Waals surface area contributed by atoms with E-state index in [4.69, 9.17) is 9.47 Å². The topological polar surface area (TPSA) is 58.9 Å². The molecule has 7 rings (SSSR count). The zero-order chi connectivity index (χ0) is 30.6. The Morgan fingerprint density at radius 1 is 0.422 bits per heavy atom. The smallest absolute Gasteiger partial charge is 0.119 e. The number of hydrogen-bond acceptors (Lipinski definition) is 4. The second-order valence-corrected chi connectivity index (χ2v) is 11.2. The molecular formula is C41H34O4. The van der Waals surface area contributed by atoms with E-state index in [1.165, 1.54) is 22.3 Å². The highest BCUT2D eigenvalue weighted by molar-refractivity contribution is 5.90. The van der Waals surface area contributed by atoms with Crippen LogP contribution in [0.5, 0.6) is 11.5 Å². The van der Waals surface area contributed by atoms with Gasteiger partial charge in [-0.2, -0.15) is 0 Å². The lowest BCUT2D eigenvalue weighted by atomic mass is 9.67. The van der Waals surface area contributed by atoms with E-state index in [1.54, 1.807) is 0 Å². The fourth-order valence-corrected chi connectivity index (χ4v) is 6.66. The maximum absolute atomic E-state index is 9.33. The predicted octanol–water partition coefficient (Wildman–Crippen LogP) is 8.13. The summed E-state index contributed by atoms with van der Waals surface area (Å²) in [4.78, 5) is 0. The van der Waals surface area contributed by atoms with Gasteiger partial charge in [0.25, 0.3) is 0 Å². The summed E-state index contributed by atoms with van der Waals surface area (Å²) in [6.45, 7) is 0.405. The summed E-state index contributed by atoms with van der Waals surface area (Å²) in [5, 5.41) is 18.7. The molecule has 0 aliphatic heterocycles. The average molecular weight is 591 g/mol. The molecule has 0 atom stereocenters. The molecule has 0 saturated heterocycles. The minimum absolute atomic E-state index is 0.0400. The van der Waals surface area contributed by atoms with Crippen LogP contribution in [0.15, 0.2) is 146 Å². The third-order valence-corrected chi connectivity index (χ3v) is 8.65. The van der Waals surface area contributed by atoms with E-state index in [0.717, 1.165) is 33.4 Å². The van der Waals surface area contributed by atoms with Crippen LogP contribution in [0.4, 0.5) is 0 Å². The summed E-state index contributed by atoms with van der Waals surface area (Å²) in [6.07, 6.45) is 0. The minimum atomic E-state index is -0.648. The van der Waals surface area contributed by atoms with Gasteiger partial charge in [0.15, 0.2) is 0 Å². The van der Waals surface area contributed by atoms with E-state index in [2.05, 4.69) is 109 Å². The Morgan fingerprint density at radius 3 is 1.20 bits per heavy atom. The van der Waals surface area contributed by atoms with E-state index in [1.807, 2.05) is 36.4 Å². The van der Waals surface area contributed by atoms with Gasteiger partial charge in [0.1, 0.15) is 24.7 Å². The van der Waals surface area contributed by atoms with Crippen molar-refractivity contribution in [1.82, 2.24) is 0 Å². The molecule has 1 aliphatic rings. The van der Waals surface area contributed by atoms with Gasteiger partial charge >= 0.3 is 0 Å². The number of hydrogen-bond donors (Lipinski definition) is 2. The van der Waals surface area contributed by atoms with Crippen molar-refractivity contribution in [2.75, 3.05) is 26.4 Å². The molecule has 0 saturated carbocycles. The lowest BCUT2D eigenvalue weighted by molar-refractivity contribution is 0.201. The van der Waals surface area contributed by atoms with Gasteiger partial charge in [-0.25, -0.2) is 0 Å². The maximum atomic E-state index is 9.33. The number of rotatable bonds is 10. The van der Waals surface area contributed by atoms with Crippen molar-refractivity contribution < 1.29 is 19.7 Å². The third-order valence-electron chi connectivity index (χ3n) is 8.65. The van der Waals surface area contributed by atoms with Crippen LogP contribution >= 0.6 is 0 Å². The Bertz CT molecular complexity index is 1750. The fraction of sp³-hybridized carbons (Fsp3) is 0.122. The Morgan fingerprint density at radius 2 is 0.822 bits per heavy atom. The Kier molecular flexibility index (Phi) is 7.91. The van der Waals surface area contributed by atoms with Crippen molar-refractivity contribution in [3.8, 4) is 44.9 Å². The molecule has 1 aliphatic carbocycles. The van der Waals surface area contributed by atoms with Crippen LogP contribution in [-0.4, -0.2) is 36.6 Å². The molecule has 4 heteroatoms. The molecule has 4 nitrogen and oxygen atoms in total. The van der Waals surface area contributed by atoms with Crippen LogP contribution in [0.2, 0.25) is 0 Å². The lowest BCUT2D eigenvalue weighted by Gasteiger charge is -2.34. The van der Waals surface area contributed by atoms with E-state index in [0.29, 0.717) is 11.5 Å².